The fourth-order valence-corrected chi connectivity index (χ4v) is 36.8. The highest BCUT2D eigenvalue weighted by Gasteiger charge is 2.38. The molecular formula is C110H98S12. The fraction of sp³-hybridized carbons (Fsp3) is 0.236. The van der Waals surface area contributed by atoms with Gasteiger partial charge < -0.3 is 0 Å². The lowest BCUT2D eigenvalue weighted by atomic mass is 9.87. The smallest absolute Gasteiger partial charge is 0.0621 e. The highest BCUT2D eigenvalue weighted by atomic mass is 32.1. The van der Waals surface area contributed by atoms with E-state index in [1.54, 1.807) is 0 Å². The standard InChI is InChI=1S/C110H98S12/c1-55-43-61(7)97(62(8)44-55)105-85-25-19-73(111-85)74-20-26-86(112-74)106(98-63(9)45-56(2)46-64(98)10)94-40-34-82(120-94)104-83-35-41-95(121-83)109(101-69(15)51-59(5)52-70(101)16)89-29-23-77(115-89)75-21-27-87(113-75)107(99-65(11)47-57(3)48-66(99)12)92-38-32-80(118-92)103(79-31-37-91(105)117-79)81-33-39-93(119-81)108(100-67(13)49-58(4)50-68(100)14)88-28-22-76(114-88)78-24-30-90(116-78)110(96-42-36-84(104)122-96)102-71(17)53-60(6)54-72(102)18/h19-54,103-110H,1-18H3. The van der Waals surface area contributed by atoms with Gasteiger partial charge in [-0.25, -0.2) is 0 Å². The van der Waals surface area contributed by atoms with E-state index < -0.39 is 0 Å². The molecular weight excluding hydrogens is 1710 g/mol. The summed E-state index contributed by atoms with van der Waals surface area (Å²) in [4.78, 5) is 32.7. The number of hydrogen-bond acceptors (Lipinski definition) is 12. The van der Waals surface area contributed by atoms with Gasteiger partial charge in [-0.2, -0.15) is 0 Å². The van der Waals surface area contributed by atoms with Gasteiger partial charge >= 0.3 is 0 Å². The Kier molecular flexibility index (Phi) is 21.9. The summed E-state index contributed by atoms with van der Waals surface area (Å²) in [6, 6.07) is 89.2. The minimum Gasteiger partial charge on any atom is -0.143 e. The topological polar surface area (TPSA) is 0 Å². The second-order valence-electron chi connectivity index (χ2n) is 35.0. The third-order valence-corrected chi connectivity index (χ3v) is 40.4. The van der Waals surface area contributed by atoms with Gasteiger partial charge in [0.25, 0.3) is 0 Å². The van der Waals surface area contributed by atoms with Gasteiger partial charge in [0, 0.05) is 117 Å². The van der Waals surface area contributed by atoms with Gasteiger partial charge in [0.05, 0.1) is 47.3 Å². The largest absolute Gasteiger partial charge is 0.143 e. The zero-order chi connectivity index (χ0) is 84.3. The Bertz CT molecular complexity index is 5870. The molecule has 0 radical (unpaired) electrons. The molecule has 0 amide bonds. The summed E-state index contributed by atoms with van der Waals surface area (Å²) >= 11 is 24.3. The summed E-state index contributed by atoms with van der Waals surface area (Å²) in [6.45, 7) is 42.0. The number of rotatable bonds is 6. The van der Waals surface area contributed by atoms with Crippen molar-refractivity contribution < 1.29 is 0 Å². The molecule has 26 bridgehead atoms. The van der Waals surface area contributed by atoms with Gasteiger partial charge in [-0.05, 0) is 370 Å². The first-order chi connectivity index (χ1) is 58.8. The summed E-state index contributed by atoms with van der Waals surface area (Å²) in [5, 5.41) is 0. The molecule has 122 heavy (non-hydrogen) atoms. The average molecular weight is 1800 g/mol. The molecule has 21 rings (SSSR count). The van der Waals surface area contributed by atoms with E-state index in [9.17, 15) is 0 Å². The Morgan fingerprint density at radius 1 is 0.123 bits per heavy atom. The van der Waals surface area contributed by atoms with E-state index in [4.69, 9.17) is 0 Å². The van der Waals surface area contributed by atoms with Crippen molar-refractivity contribution in [2.24, 2.45) is 0 Å². The van der Waals surface area contributed by atoms with E-state index in [1.807, 2.05) is 136 Å². The molecule has 0 N–H and O–H groups in total. The van der Waals surface area contributed by atoms with Crippen LogP contribution < -0.4 is 0 Å². The van der Waals surface area contributed by atoms with Crippen LogP contribution in [0, 0.1) is 125 Å². The first-order valence-electron chi connectivity index (χ1n) is 42.4. The molecule has 0 nitrogen and oxygen atoms in total. The molecule has 18 aromatic rings. The molecule has 0 fully saturated rings. The van der Waals surface area contributed by atoms with Crippen LogP contribution in [0.1, 0.15) is 269 Å². The molecule has 610 valence electrons. The minimum absolute atomic E-state index is 0.0191. The zero-order valence-electron chi connectivity index (χ0n) is 72.3. The lowest BCUT2D eigenvalue weighted by Gasteiger charge is -2.22. The summed E-state index contributed by atoms with van der Waals surface area (Å²) in [6.07, 6.45) is 0. The van der Waals surface area contributed by atoms with Gasteiger partial charge in [0.2, 0.25) is 0 Å². The molecule has 0 saturated heterocycles. The molecule has 0 saturated carbocycles. The van der Waals surface area contributed by atoms with Gasteiger partial charge in [-0.3, -0.25) is 0 Å². The number of hydrogen-bond donors (Lipinski definition) is 0. The molecule has 0 spiro atoms. The quantitative estimate of drug-likeness (QED) is 0.156. The van der Waals surface area contributed by atoms with Crippen molar-refractivity contribution >= 4 is 136 Å². The molecule has 3 aliphatic rings. The maximum absolute atomic E-state index is 2.54. The Labute approximate surface area is 769 Å². The van der Waals surface area contributed by atoms with Crippen molar-refractivity contribution in [1.82, 2.24) is 0 Å². The van der Waals surface area contributed by atoms with Gasteiger partial charge in [0.1, 0.15) is 0 Å². The van der Waals surface area contributed by atoms with Crippen LogP contribution in [0.4, 0.5) is 0 Å². The zero-order valence-corrected chi connectivity index (χ0v) is 82.1. The van der Waals surface area contributed by atoms with Gasteiger partial charge in [-0.15, -0.1) is 136 Å². The van der Waals surface area contributed by atoms with E-state index in [1.165, 1.54) is 251 Å². The van der Waals surface area contributed by atoms with Crippen molar-refractivity contribution in [3.05, 3.63) is 440 Å². The summed E-state index contributed by atoms with van der Waals surface area (Å²) in [7, 11) is 0. The van der Waals surface area contributed by atoms with Crippen LogP contribution in [-0.4, -0.2) is 0 Å². The number of thiophene rings is 12. The SMILES string of the molecule is Cc1cc(C)c(C2c3ccc(s3)-c3ccc(s3)C(c3c(C)cc(C)cc3C)c3ccc(s3)C3c4ccc(s4)C(c4c(C)cc(C)cc4C)c4ccc(s4)-c4ccc(s4)C(c4c(C)cc(C)cc4C)c4ccc(s4)C(c4ccc2s4)c2ccc(s2)C(c2c(C)cc(C)cc2C)c2ccc(s2)-c2ccc(s2)C(c2c(C)cc(C)cc2C)c2ccc3s2)c(C)c1. The van der Waals surface area contributed by atoms with Gasteiger partial charge in [0.15, 0.2) is 0 Å². The van der Waals surface area contributed by atoms with Crippen molar-refractivity contribution in [3.8, 4) is 29.3 Å². The third kappa shape index (κ3) is 14.8. The molecule has 12 aromatic heterocycles. The van der Waals surface area contributed by atoms with Crippen molar-refractivity contribution in [2.45, 2.75) is 172 Å². The van der Waals surface area contributed by atoms with E-state index in [2.05, 4.69) is 343 Å². The Hall–Kier alpha value is -8.28. The Morgan fingerprint density at radius 3 is 0.344 bits per heavy atom. The van der Waals surface area contributed by atoms with Crippen LogP contribution in [0.5, 0.6) is 0 Å². The summed E-state index contributed by atoms with van der Waals surface area (Å²) in [5.41, 5.74) is 32.4. The first kappa shape index (κ1) is 82.0. The molecule has 6 atom stereocenters. The second kappa shape index (κ2) is 32.6. The van der Waals surface area contributed by atoms with Crippen molar-refractivity contribution in [2.75, 3.05) is 0 Å². The third-order valence-electron chi connectivity index (χ3n) is 25.7. The molecule has 6 aromatic carbocycles. The predicted molar refractivity (Wildman–Crippen MR) is 540 cm³/mol. The Morgan fingerprint density at radius 2 is 0.221 bits per heavy atom. The van der Waals surface area contributed by atoms with E-state index in [-0.39, 0.29) is 47.3 Å². The van der Waals surface area contributed by atoms with E-state index in [0.29, 0.717) is 0 Å². The number of benzene rings is 6. The van der Waals surface area contributed by atoms with Crippen molar-refractivity contribution in [1.29, 1.82) is 0 Å². The average Bonchev–Trinajstić information content (AvgIpc) is 1.60. The lowest BCUT2D eigenvalue weighted by Crippen LogP contribution is -2.05. The molecule has 0 aliphatic carbocycles. The molecule has 12 heteroatoms. The predicted octanol–water partition coefficient (Wildman–Crippen LogP) is 35.0. The van der Waals surface area contributed by atoms with Crippen LogP contribution in [0.2, 0.25) is 0 Å². The maximum Gasteiger partial charge on any atom is 0.0621 e. The molecule has 3 aliphatic heterocycles. The number of aryl methyl sites for hydroxylation is 18. The van der Waals surface area contributed by atoms with Crippen LogP contribution in [-0.2, 0) is 0 Å². The van der Waals surface area contributed by atoms with E-state index >= 15 is 0 Å². The normalized spacial score (nSPS) is 17.8. The second-order valence-corrected chi connectivity index (χ2v) is 48.6. The molecule has 15 heterocycles. The van der Waals surface area contributed by atoms with Crippen molar-refractivity contribution in [3.63, 3.8) is 0 Å². The van der Waals surface area contributed by atoms with E-state index in [0.717, 1.165) is 0 Å². The molecule has 6 unspecified atom stereocenters. The Balaban J connectivity index is 0.878. The highest BCUT2D eigenvalue weighted by Crippen LogP contribution is 2.58. The summed E-state index contributed by atoms with van der Waals surface area (Å²) < 4.78 is 0. The van der Waals surface area contributed by atoms with Gasteiger partial charge in [-0.1, -0.05) is 106 Å². The van der Waals surface area contributed by atoms with Crippen LogP contribution >= 0.6 is 136 Å². The lowest BCUT2D eigenvalue weighted by molar-refractivity contribution is 0.992. The minimum atomic E-state index is -0.0368. The van der Waals surface area contributed by atoms with Crippen LogP contribution in [0.3, 0.4) is 0 Å². The fourth-order valence-electron chi connectivity index (χ4n) is 21.2. The first-order valence-corrected chi connectivity index (χ1v) is 52.2. The summed E-state index contributed by atoms with van der Waals surface area (Å²) in [5.74, 6) is 0.0412. The highest BCUT2D eigenvalue weighted by molar-refractivity contribution is 7.24. The van der Waals surface area contributed by atoms with Crippen LogP contribution in [0.25, 0.3) is 29.3 Å². The maximum atomic E-state index is 2.54. The monoisotopic (exact) mass is 1800 g/mol. The van der Waals surface area contributed by atoms with Crippen LogP contribution in [0.15, 0.2) is 218 Å².